The summed E-state index contributed by atoms with van der Waals surface area (Å²) in [5.41, 5.74) is 3.35. The lowest BCUT2D eigenvalue weighted by Crippen LogP contribution is -2.49. The second-order valence-corrected chi connectivity index (χ2v) is 8.50. The van der Waals surface area contributed by atoms with Gasteiger partial charge in [-0.25, -0.2) is 0 Å². The lowest BCUT2D eigenvalue weighted by atomic mass is 10.1. The molecule has 2 rings (SSSR count). The lowest BCUT2D eigenvalue weighted by molar-refractivity contribution is -0.138. The highest BCUT2D eigenvalue weighted by Crippen LogP contribution is 2.20. The minimum atomic E-state index is -0.533. The van der Waals surface area contributed by atoms with E-state index in [0.29, 0.717) is 12.3 Å². The molecule has 0 saturated carbocycles. The molecular formula is C23H30N2O2S. The van der Waals surface area contributed by atoms with Crippen molar-refractivity contribution >= 4 is 23.6 Å². The number of aryl methyl sites for hydroxylation is 2. The summed E-state index contributed by atoms with van der Waals surface area (Å²) in [5, 5.41) is 2.92. The Labute approximate surface area is 172 Å². The van der Waals surface area contributed by atoms with Crippen LogP contribution in [0.1, 0.15) is 37.5 Å². The fourth-order valence-electron chi connectivity index (χ4n) is 2.86. The summed E-state index contributed by atoms with van der Waals surface area (Å²) in [6, 6.07) is 15.7. The Morgan fingerprint density at radius 3 is 2.29 bits per heavy atom. The minimum Gasteiger partial charge on any atom is -0.352 e. The molecule has 0 aliphatic heterocycles. The van der Waals surface area contributed by atoms with Gasteiger partial charge in [-0.15, -0.1) is 11.8 Å². The molecule has 0 aromatic heterocycles. The number of rotatable bonds is 8. The maximum absolute atomic E-state index is 13.0. The van der Waals surface area contributed by atoms with Crippen LogP contribution in [0.15, 0.2) is 53.4 Å². The highest BCUT2D eigenvalue weighted by atomic mass is 32.2. The van der Waals surface area contributed by atoms with E-state index in [2.05, 4.69) is 11.4 Å². The molecular weight excluding hydrogens is 368 g/mol. The highest BCUT2D eigenvalue weighted by molar-refractivity contribution is 8.00. The van der Waals surface area contributed by atoms with Crippen molar-refractivity contribution in [1.82, 2.24) is 10.2 Å². The number of hydrogen-bond acceptors (Lipinski definition) is 3. The number of nitrogens with one attached hydrogen (secondary N) is 1. The standard InChI is InChI=1S/C23H30N2O2S/c1-16(2)24-23(27)19(5)25(14-20-8-6-7-18(4)13-20)22(26)15-28-21-11-9-17(3)10-12-21/h6-13,16,19H,14-15H2,1-5H3,(H,24,27)/t19-/m0/s1. The first-order valence-corrected chi connectivity index (χ1v) is 10.6. The van der Waals surface area contributed by atoms with Gasteiger partial charge in [0.15, 0.2) is 0 Å². The molecule has 1 N–H and O–H groups in total. The molecule has 2 aromatic carbocycles. The smallest absolute Gasteiger partial charge is 0.242 e. The molecule has 0 aliphatic rings. The maximum Gasteiger partial charge on any atom is 0.242 e. The molecule has 150 valence electrons. The first-order chi connectivity index (χ1) is 13.3. The van der Waals surface area contributed by atoms with E-state index in [1.54, 1.807) is 11.8 Å². The first-order valence-electron chi connectivity index (χ1n) is 9.61. The Morgan fingerprint density at radius 1 is 1.00 bits per heavy atom. The summed E-state index contributed by atoms with van der Waals surface area (Å²) < 4.78 is 0. The van der Waals surface area contributed by atoms with Gasteiger partial charge < -0.3 is 10.2 Å². The van der Waals surface area contributed by atoms with Gasteiger partial charge in [0.2, 0.25) is 11.8 Å². The van der Waals surface area contributed by atoms with Crippen LogP contribution in [0.2, 0.25) is 0 Å². The van der Waals surface area contributed by atoms with E-state index in [0.717, 1.165) is 16.0 Å². The van der Waals surface area contributed by atoms with E-state index in [4.69, 9.17) is 0 Å². The molecule has 28 heavy (non-hydrogen) atoms. The molecule has 0 spiro atoms. The molecule has 5 heteroatoms. The Bertz CT molecular complexity index is 803. The second kappa shape index (κ2) is 10.3. The Kier molecular flexibility index (Phi) is 8.12. The number of nitrogens with zero attached hydrogens (tertiary/aromatic N) is 1. The normalized spacial score (nSPS) is 11.9. The van der Waals surface area contributed by atoms with Gasteiger partial charge in [-0.05, 0) is 52.3 Å². The topological polar surface area (TPSA) is 49.4 Å². The highest BCUT2D eigenvalue weighted by Gasteiger charge is 2.26. The Morgan fingerprint density at radius 2 is 1.68 bits per heavy atom. The molecule has 2 amide bonds. The van der Waals surface area contributed by atoms with Crippen molar-refractivity contribution in [2.45, 2.75) is 58.1 Å². The van der Waals surface area contributed by atoms with Crippen molar-refractivity contribution < 1.29 is 9.59 Å². The second-order valence-electron chi connectivity index (χ2n) is 7.45. The average molecular weight is 399 g/mol. The molecule has 4 nitrogen and oxygen atoms in total. The molecule has 0 fully saturated rings. The van der Waals surface area contributed by atoms with Crippen molar-refractivity contribution in [2.24, 2.45) is 0 Å². The van der Waals surface area contributed by atoms with Crippen LogP contribution in [-0.2, 0) is 16.1 Å². The van der Waals surface area contributed by atoms with Crippen LogP contribution in [0.25, 0.3) is 0 Å². The molecule has 0 bridgehead atoms. The van der Waals surface area contributed by atoms with Gasteiger partial charge in [0.25, 0.3) is 0 Å². The predicted octanol–water partition coefficient (Wildman–Crippen LogP) is 4.34. The van der Waals surface area contributed by atoms with E-state index in [-0.39, 0.29) is 17.9 Å². The van der Waals surface area contributed by atoms with Gasteiger partial charge in [-0.1, -0.05) is 47.5 Å². The van der Waals surface area contributed by atoms with Crippen LogP contribution in [0, 0.1) is 13.8 Å². The van der Waals surface area contributed by atoms with Gasteiger partial charge in [0.1, 0.15) is 6.04 Å². The molecule has 0 heterocycles. The van der Waals surface area contributed by atoms with Crippen LogP contribution >= 0.6 is 11.8 Å². The largest absolute Gasteiger partial charge is 0.352 e. The van der Waals surface area contributed by atoms with Crippen molar-refractivity contribution in [2.75, 3.05) is 5.75 Å². The number of amides is 2. The minimum absolute atomic E-state index is 0.0350. The number of hydrogen-bond donors (Lipinski definition) is 1. The van der Waals surface area contributed by atoms with Crippen molar-refractivity contribution in [1.29, 1.82) is 0 Å². The molecule has 0 radical (unpaired) electrons. The third-order valence-electron chi connectivity index (χ3n) is 4.42. The maximum atomic E-state index is 13.0. The van der Waals surface area contributed by atoms with Crippen LogP contribution in [0.5, 0.6) is 0 Å². The van der Waals surface area contributed by atoms with E-state index < -0.39 is 6.04 Å². The SMILES string of the molecule is Cc1ccc(SCC(=O)N(Cc2cccc(C)c2)[C@@H](C)C(=O)NC(C)C)cc1. The molecule has 1 atom stereocenters. The van der Waals surface area contributed by atoms with Crippen LogP contribution in [-0.4, -0.2) is 34.6 Å². The molecule has 0 unspecified atom stereocenters. The molecule has 0 saturated heterocycles. The number of carbonyl (C=O) groups excluding carboxylic acids is 2. The summed E-state index contributed by atoms with van der Waals surface area (Å²) in [5.74, 6) is 0.128. The quantitative estimate of drug-likeness (QED) is 0.673. The van der Waals surface area contributed by atoms with Crippen molar-refractivity contribution in [3.63, 3.8) is 0 Å². The van der Waals surface area contributed by atoms with Gasteiger partial charge in [0.05, 0.1) is 5.75 Å². The monoisotopic (exact) mass is 398 g/mol. The zero-order valence-electron chi connectivity index (χ0n) is 17.4. The zero-order valence-corrected chi connectivity index (χ0v) is 18.2. The van der Waals surface area contributed by atoms with Gasteiger partial charge in [-0.3, -0.25) is 9.59 Å². The summed E-state index contributed by atoms with van der Waals surface area (Å²) in [6.07, 6.45) is 0. The van der Waals surface area contributed by atoms with Gasteiger partial charge >= 0.3 is 0 Å². The summed E-state index contributed by atoms with van der Waals surface area (Å²) in [4.78, 5) is 28.3. The van der Waals surface area contributed by atoms with Crippen molar-refractivity contribution in [3.05, 3.63) is 65.2 Å². The number of carbonyl (C=O) groups is 2. The third kappa shape index (κ3) is 6.71. The lowest BCUT2D eigenvalue weighted by Gasteiger charge is -2.29. The third-order valence-corrected chi connectivity index (χ3v) is 5.41. The van der Waals surface area contributed by atoms with Gasteiger partial charge in [-0.2, -0.15) is 0 Å². The first kappa shape index (κ1) is 22.0. The van der Waals surface area contributed by atoms with Crippen LogP contribution < -0.4 is 5.32 Å². The Hall–Kier alpha value is -2.27. The van der Waals surface area contributed by atoms with E-state index >= 15 is 0 Å². The average Bonchev–Trinajstić information content (AvgIpc) is 2.64. The number of benzene rings is 2. The van der Waals surface area contributed by atoms with E-state index in [9.17, 15) is 9.59 Å². The summed E-state index contributed by atoms with van der Waals surface area (Å²) in [7, 11) is 0. The van der Waals surface area contributed by atoms with Gasteiger partial charge in [0, 0.05) is 17.5 Å². The van der Waals surface area contributed by atoms with Crippen LogP contribution in [0.3, 0.4) is 0 Å². The van der Waals surface area contributed by atoms with E-state index in [1.165, 1.54) is 17.3 Å². The molecule has 2 aromatic rings. The molecule has 0 aliphatic carbocycles. The summed E-state index contributed by atoms with van der Waals surface area (Å²) in [6.45, 7) is 10.1. The predicted molar refractivity (Wildman–Crippen MR) is 116 cm³/mol. The fourth-order valence-corrected chi connectivity index (χ4v) is 3.64. The summed E-state index contributed by atoms with van der Waals surface area (Å²) >= 11 is 1.50. The van der Waals surface area contributed by atoms with E-state index in [1.807, 2.05) is 70.2 Å². The fraction of sp³-hybridized carbons (Fsp3) is 0.391. The zero-order chi connectivity index (χ0) is 20.7. The number of thioether (sulfide) groups is 1. The van der Waals surface area contributed by atoms with Crippen LogP contribution in [0.4, 0.5) is 0 Å². The Balaban J connectivity index is 2.14. The van der Waals surface area contributed by atoms with Crippen molar-refractivity contribution in [3.8, 4) is 0 Å².